The Kier molecular flexibility index (Phi) is 124. The van der Waals surface area contributed by atoms with Gasteiger partial charge in [0, 0.05) is 0 Å². The van der Waals surface area contributed by atoms with Crippen molar-refractivity contribution in [3.8, 4) is 0 Å². The van der Waals surface area contributed by atoms with E-state index < -0.39 is 104 Å². The van der Waals surface area contributed by atoms with Gasteiger partial charge in [-0.1, -0.05) is 452 Å². The Morgan fingerprint density at radius 3 is 0.730 bits per heavy atom. The van der Waals surface area contributed by atoms with E-state index >= 15 is 0 Å². The van der Waals surface area contributed by atoms with Crippen molar-refractivity contribution in [1.82, 2.24) is 0 Å². The average molecular weight is 2630 g/mol. The van der Waals surface area contributed by atoms with E-state index in [9.17, 15) is 0 Å². The summed E-state index contributed by atoms with van der Waals surface area (Å²) in [6.45, 7) is 22.8. The Balaban J connectivity index is -0.000000294. The van der Waals surface area contributed by atoms with Gasteiger partial charge in [0.15, 0.2) is 0 Å². The van der Waals surface area contributed by atoms with Crippen molar-refractivity contribution in [2.45, 2.75) is 375 Å². The van der Waals surface area contributed by atoms with E-state index in [1.54, 1.807) is 0 Å². The zero-order valence-electron chi connectivity index (χ0n) is 96.4. The monoisotopic (exact) mass is 2610 g/mol. The van der Waals surface area contributed by atoms with Crippen molar-refractivity contribution in [3.05, 3.63) is 341 Å². The minimum absolute atomic E-state index is 0. The van der Waals surface area contributed by atoms with Crippen molar-refractivity contribution in [1.29, 1.82) is 0 Å². The molecule has 3 aromatic carbocycles. The molecule has 10 fully saturated rings. The van der Waals surface area contributed by atoms with Crippen LogP contribution in [0.15, 0.2) is 250 Å². The first-order valence-corrected chi connectivity index (χ1v) is 86.9. The van der Waals surface area contributed by atoms with E-state index in [0.29, 0.717) is 0 Å². The first-order valence-electron chi connectivity index (χ1n) is 55.3. The predicted octanol–water partition coefficient (Wildman–Crippen LogP) is 48.8. The number of allylic oxidation sites excluding steroid dienone is 23. The van der Waals surface area contributed by atoms with Gasteiger partial charge in [-0.15, -0.1) is 19.7 Å². The fourth-order valence-electron chi connectivity index (χ4n) is 24.8. The third kappa shape index (κ3) is 75.0. The van der Waals surface area contributed by atoms with Crippen LogP contribution in [0.4, 0.5) is 0 Å². The quantitative estimate of drug-likeness (QED) is 0.0461. The molecule has 18 rings (SSSR count). The number of unbranched alkanes of at least 4 members (excludes halogenated alkanes) is 4. The molecule has 3 aromatic rings. The van der Waals surface area contributed by atoms with E-state index in [1.807, 2.05) is 12.2 Å². The topological polar surface area (TPSA) is 0 Å². The van der Waals surface area contributed by atoms with Crippen molar-refractivity contribution < 1.29 is 104 Å². The number of aryl methyl sites for hydroxylation is 3. The number of rotatable bonds is 30. The molecule has 0 bridgehead atoms. The molecule has 10 saturated carbocycles. The molecule has 0 heterocycles. The summed E-state index contributed by atoms with van der Waals surface area (Å²) in [6, 6.07) is 32.7. The van der Waals surface area contributed by atoms with Crippen LogP contribution in [0.1, 0.15) is 372 Å². The molecular formula is C133H216Cl10Zr5. The fraction of sp³-hybridized carbons (Fsp3) is 0.594. The van der Waals surface area contributed by atoms with Gasteiger partial charge >= 0.3 is 189 Å². The van der Waals surface area contributed by atoms with Crippen LogP contribution in [0.5, 0.6) is 0 Å². The number of benzene rings is 3. The third-order valence-electron chi connectivity index (χ3n) is 32.3. The summed E-state index contributed by atoms with van der Waals surface area (Å²) in [5.74, 6) is 19.4. The molecule has 0 amide bonds. The molecule has 17 unspecified atom stereocenters. The summed E-state index contributed by atoms with van der Waals surface area (Å²) >= 11 is -4.13. The Labute approximate surface area is 1020 Å². The Morgan fingerprint density at radius 2 is 0.473 bits per heavy atom. The maximum atomic E-state index is 4.93. The molecule has 838 valence electrons. The van der Waals surface area contributed by atoms with Gasteiger partial charge in [0.2, 0.25) is 0 Å². The molecule has 0 aliphatic heterocycles. The van der Waals surface area contributed by atoms with Crippen LogP contribution in [-0.2, 0) is 124 Å². The molecule has 0 N–H and O–H groups in total. The van der Waals surface area contributed by atoms with Crippen LogP contribution < -0.4 is 0 Å². The Morgan fingerprint density at radius 1 is 0.243 bits per heavy atom. The molecule has 0 radical (unpaired) electrons. The number of halogens is 10. The molecule has 0 spiro atoms. The molecule has 148 heavy (non-hydrogen) atoms. The first kappa shape index (κ1) is 162. The van der Waals surface area contributed by atoms with Crippen LogP contribution in [0, 0.1) is 199 Å². The molecule has 15 aliphatic rings. The Hall–Kier alpha value is 1.60. The summed E-state index contributed by atoms with van der Waals surface area (Å²) in [7, 11) is 49.3. The summed E-state index contributed by atoms with van der Waals surface area (Å²) in [5, 5.41) is 0. The molecule has 15 aliphatic carbocycles. The van der Waals surface area contributed by atoms with E-state index in [-0.39, 0.29) is 74.3 Å². The fourth-order valence-corrected chi connectivity index (χ4v) is 24.8. The molecule has 17 atom stereocenters. The number of hydrogen-bond acceptors (Lipinski definition) is 0. The van der Waals surface area contributed by atoms with E-state index in [2.05, 4.69) is 273 Å². The second-order valence-electron chi connectivity index (χ2n) is 41.7. The Bertz CT molecular complexity index is 3510. The van der Waals surface area contributed by atoms with Crippen molar-refractivity contribution >= 4 is 85.1 Å². The van der Waals surface area contributed by atoms with E-state index in [4.69, 9.17) is 85.1 Å². The normalized spacial score (nSPS) is 24.5. The van der Waals surface area contributed by atoms with Gasteiger partial charge in [0.1, 0.15) is 0 Å². The minimum atomic E-state index is -0.826. The molecule has 0 nitrogen and oxygen atoms in total. The van der Waals surface area contributed by atoms with E-state index in [1.165, 1.54) is 357 Å². The molecular weight excluding hydrogens is 2410 g/mol. The van der Waals surface area contributed by atoms with Crippen LogP contribution in [0.2, 0.25) is 0 Å². The van der Waals surface area contributed by atoms with Gasteiger partial charge in [0.25, 0.3) is 0 Å². The van der Waals surface area contributed by atoms with Gasteiger partial charge in [-0.2, -0.15) is 0 Å². The number of hydrogen-bond donors (Lipinski definition) is 0. The predicted molar refractivity (Wildman–Crippen MR) is 668 cm³/mol. The zero-order valence-corrected chi connectivity index (χ0v) is 116. The van der Waals surface area contributed by atoms with Gasteiger partial charge in [-0.25, -0.2) is 0 Å². The van der Waals surface area contributed by atoms with Gasteiger partial charge in [-0.05, 0) is 295 Å². The van der Waals surface area contributed by atoms with E-state index in [0.717, 1.165) is 124 Å². The summed E-state index contributed by atoms with van der Waals surface area (Å²) < 4.78 is 0. The van der Waals surface area contributed by atoms with Gasteiger partial charge < -0.3 is 74.3 Å². The average Bonchev–Trinajstić information content (AvgIpc) is 1.71. The zero-order chi connectivity index (χ0) is 99.7. The van der Waals surface area contributed by atoms with Gasteiger partial charge in [0.05, 0.1) is 0 Å². The summed E-state index contributed by atoms with van der Waals surface area (Å²) in [6.07, 6.45) is 128. The second kappa shape index (κ2) is 113. The van der Waals surface area contributed by atoms with Crippen LogP contribution in [0.25, 0.3) is 0 Å². The summed E-state index contributed by atoms with van der Waals surface area (Å²) in [4.78, 5) is 0. The SMILES string of the molecule is C1=CC2CCC(CCCc3ccccc3)C2C=C1.C1=CC2CCC(CCc3ccccc3)C2C=C1.C1=CC2CCC(CCc3ccccc3)C2C=C1.C=CCC1CCC2C=CC=CC21.C=CCCC1CCC(C)C1.C=CCCC1CCCC1.CCCCC1CCC2C=CC=CC21.CCCCC1CCCC1.CCCCC1CCCC1.CCCCC1CCCC1.[CH3-].[CH3-].[CH3-].[CH3-].[CH3-].[CH3-].[CH3-].[CH3-].[CH3-].[CH3-].[Cl][Zr+2][Cl].[Cl][Zr+2][Cl].[Cl][Zr+2][Cl].[Cl][Zr+2][Cl].[Cl][Zr+2][Cl]. The van der Waals surface area contributed by atoms with Gasteiger partial charge in [-0.3, -0.25) is 0 Å². The van der Waals surface area contributed by atoms with Crippen LogP contribution >= 0.6 is 85.1 Å². The summed E-state index contributed by atoms with van der Waals surface area (Å²) in [5.41, 5.74) is 4.48. The third-order valence-corrected chi connectivity index (χ3v) is 32.3. The van der Waals surface area contributed by atoms with Crippen molar-refractivity contribution in [2.75, 3.05) is 0 Å². The number of fused-ring (bicyclic) bond motifs is 5. The first-order chi connectivity index (χ1) is 67.8. The van der Waals surface area contributed by atoms with Crippen molar-refractivity contribution in [3.63, 3.8) is 0 Å². The molecule has 0 aromatic heterocycles. The second-order valence-corrected chi connectivity index (χ2v) is 60.4. The standard InChI is InChI=1S/C18H22.2C17H20.C13H20.C12H16.C10H18.3C9H18.C9H16.10CH3.10ClH.5Zr/c1-2-7-15(8-3-1)9-6-11-17-14-13-16-10-4-5-12-18(16)17;2*1-2-6-14(7-3-1)10-11-16-13-12-15-8-4-5-9-17(15)16;1-2-3-6-11-9-10-12-7-4-5-8-13(11)12;1-2-5-10-8-9-11-6-3-4-7-12(10)11;1-3-4-5-10-7-6-9(2)8-10;4*1-2-3-6-9-7-4-5-8-9;;;;;;;;;;;;;;;;;;;;;;;;;/h1-5,7-8,10,12,16-18H,6,9,11,13-14H2;2*1-9,15-17H,10-13H2;4-5,7-8,11-13H,2-3,6,9-10H2,1H3;2-4,6-7,10-12H,1,5,8-9H2;3,9-10H,1,4-8H2,2H3;3*9H,2-8H2,1H3;2,9H,1,3-8H2;10*1H3;10*1H;;;;;/q;;;;;;;;;;10*-1;;;;;;;;;;;5*+4/p-10. The van der Waals surface area contributed by atoms with Crippen LogP contribution in [0.3, 0.4) is 0 Å². The van der Waals surface area contributed by atoms with Crippen molar-refractivity contribution in [2.24, 2.45) is 124 Å². The van der Waals surface area contributed by atoms with Crippen LogP contribution in [-0.4, -0.2) is 0 Å². The maximum absolute atomic E-state index is 4.93. The molecule has 15 heteroatoms. The molecule has 0 saturated heterocycles.